The van der Waals surface area contributed by atoms with Gasteiger partial charge in [-0.25, -0.2) is 9.59 Å². The van der Waals surface area contributed by atoms with Gasteiger partial charge in [0.15, 0.2) is 0 Å². The van der Waals surface area contributed by atoms with Gasteiger partial charge in [-0.3, -0.25) is 0 Å². The second-order valence-electron chi connectivity index (χ2n) is 8.47. The van der Waals surface area contributed by atoms with Crippen molar-refractivity contribution in [2.45, 2.75) is 19.5 Å². The highest BCUT2D eigenvalue weighted by molar-refractivity contribution is 5.94. The number of esters is 1. The molecule has 1 unspecified atom stereocenters. The van der Waals surface area contributed by atoms with E-state index in [1.54, 1.807) is 38.3 Å². The number of amides is 2. The van der Waals surface area contributed by atoms with Crippen molar-refractivity contribution in [1.29, 1.82) is 0 Å². The van der Waals surface area contributed by atoms with Crippen molar-refractivity contribution in [3.05, 3.63) is 114 Å². The van der Waals surface area contributed by atoms with Gasteiger partial charge in [0, 0.05) is 17.6 Å². The molecular weight excluding hydrogens is 454 g/mol. The van der Waals surface area contributed by atoms with E-state index >= 15 is 0 Å². The number of benzene rings is 3. The van der Waals surface area contributed by atoms with Crippen LogP contribution in [0, 0.1) is 0 Å². The van der Waals surface area contributed by atoms with E-state index in [1.165, 1.54) is 0 Å². The van der Waals surface area contributed by atoms with Crippen LogP contribution in [0.25, 0.3) is 5.69 Å². The summed E-state index contributed by atoms with van der Waals surface area (Å²) < 4.78 is 12.6. The van der Waals surface area contributed by atoms with Crippen molar-refractivity contribution in [1.82, 2.24) is 9.47 Å². The molecule has 4 aromatic rings. The van der Waals surface area contributed by atoms with Crippen LogP contribution in [0.5, 0.6) is 5.75 Å². The van der Waals surface area contributed by atoms with Crippen molar-refractivity contribution < 1.29 is 19.1 Å². The van der Waals surface area contributed by atoms with Crippen LogP contribution in [0.3, 0.4) is 0 Å². The van der Waals surface area contributed by atoms with Gasteiger partial charge in [-0.15, -0.1) is 0 Å². The molecule has 7 nitrogen and oxygen atoms in total. The maximum absolute atomic E-state index is 13.8. The molecular formula is C29H27N3O4. The summed E-state index contributed by atoms with van der Waals surface area (Å²) in [5.41, 5.74) is 4.90. The SMILES string of the molecule is CCOC(=O)c1cccc(NC(=O)N2Cc3ccccc3-n3cccc3C2c2ccc(OC)cc2)c1. The number of carbonyl (C=O) groups excluding carboxylic acids is 2. The fraction of sp³-hybridized carbons (Fsp3) is 0.172. The number of rotatable bonds is 5. The largest absolute Gasteiger partial charge is 0.497 e. The number of nitrogens with zero attached hydrogens (tertiary/aromatic N) is 2. The van der Waals surface area contributed by atoms with Gasteiger partial charge in [0.1, 0.15) is 5.75 Å². The summed E-state index contributed by atoms with van der Waals surface area (Å²) in [6, 6.07) is 26.1. The van der Waals surface area contributed by atoms with Gasteiger partial charge in [0.25, 0.3) is 0 Å². The standard InChI is InChI=1S/C29H27N3O4/c1-3-36-28(33)21-9-6-10-23(18-21)30-29(34)32-19-22-8-4-5-11-25(22)31-17-7-12-26(31)27(32)20-13-15-24(35-2)16-14-20/h4-18,27H,3,19H2,1-2H3,(H,30,34). The highest BCUT2D eigenvalue weighted by Gasteiger charge is 2.33. The van der Waals surface area contributed by atoms with Crippen LogP contribution >= 0.6 is 0 Å². The monoisotopic (exact) mass is 481 g/mol. The minimum absolute atomic E-state index is 0.277. The second kappa shape index (κ2) is 10.00. The second-order valence-corrected chi connectivity index (χ2v) is 8.47. The summed E-state index contributed by atoms with van der Waals surface area (Å²) in [6.45, 7) is 2.44. The Balaban J connectivity index is 1.55. The fourth-order valence-corrected chi connectivity index (χ4v) is 4.61. The van der Waals surface area contributed by atoms with Gasteiger partial charge >= 0.3 is 12.0 Å². The Bertz CT molecular complexity index is 1390. The summed E-state index contributed by atoms with van der Waals surface area (Å²) in [4.78, 5) is 27.9. The molecule has 1 aliphatic rings. The third-order valence-corrected chi connectivity index (χ3v) is 6.28. The molecule has 0 saturated carbocycles. The topological polar surface area (TPSA) is 72.8 Å². The molecule has 182 valence electrons. The molecule has 1 atom stereocenters. The van der Waals surface area contributed by atoms with Crippen LogP contribution in [-0.2, 0) is 11.3 Å². The van der Waals surface area contributed by atoms with E-state index in [2.05, 4.69) is 16.0 Å². The van der Waals surface area contributed by atoms with Crippen LogP contribution in [0.4, 0.5) is 10.5 Å². The van der Waals surface area contributed by atoms with E-state index in [0.29, 0.717) is 17.8 Å². The number of fused-ring (bicyclic) bond motifs is 3. The zero-order valence-corrected chi connectivity index (χ0v) is 20.2. The summed E-state index contributed by atoms with van der Waals surface area (Å²) in [7, 11) is 1.63. The molecule has 0 aliphatic carbocycles. The molecule has 0 saturated heterocycles. The van der Waals surface area contributed by atoms with Crippen LogP contribution in [-0.4, -0.2) is 35.2 Å². The summed E-state index contributed by atoms with van der Waals surface area (Å²) >= 11 is 0. The number of para-hydroxylation sites is 1. The van der Waals surface area contributed by atoms with E-state index in [4.69, 9.17) is 9.47 Å². The van der Waals surface area contributed by atoms with Gasteiger partial charge in [0.2, 0.25) is 0 Å². The molecule has 0 radical (unpaired) electrons. The number of hydrogen-bond acceptors (Lipinski definition) is 4. The summed E-state index contributed by atoms with van der Waals surface area (Å²) in [6.07, 6.45) is 2.02. The third-order valence-electron chi connectivity index (χ3n) is 6.28. The summed E-state index contributed by atoms with van der Waals surface area (Å²) in [5, 5.41) is 3.00. The highest BCUT2D eigenvalue weighted by atomic mass is 16.5. The van der Waals surface area contributed by atoms with Gasteiger partial charge < -0.3 is 24.3 Å². The molecule has 3 aromatic carbocycles. The molecule has 0 fully saturated rings. The first-order chi connectivity index (χ1) is 17.6. The van der Waals surface area contributed by atoms with Gasteiger partial charge in [0.05, 0.1) is 37.6 Å². The molecule has 5 rings (SSSR count). The van der Waals surface area contributed by atoms with E-state index in [9.17, 15) is 9.59 Å². The Hall–Kier alpha value is -4.52. The molecule has 0 spiro atoms. The van der Waals surface area contributed by atoms with Crippen LogP contribution in [0.2, 0.25) is 0 Å². The van der Waals surface area contributed by atoms with Crippen LogP contribution in [0.15, 0.2) is 91.1 Å². The lowest BCUT2D eigenvalue weighted by molar-refractivity contribution is 0.0526. The molecule has 1 aromatic heterocycles. The Labute approximate surface area is 209 Å². The Morgan fingerprint density at radius 2 is 1.78 bits per heavy atom. The molecule has 36 heavy (non-hydrogen) atoms. The number of nitrogens with one attached hydrogen (secondary N) is 1. The van der Waals surface area contributed by atoms with Crippen molar-refractivity contribution >= 4 is 17.7 Å². The Kier molecular flexibility index (Phi) is 6.45. The average molecular weight is 482 g/mol. The lowest BCUT2D eigenvalue weighted by Gasteiger charge is -2.31. The number of aromatic nitrogens is 1. The first-order valence-electron chi connectivity index (χ1n) is 11.8. The molecule has 1 N–H and O–H groups in total. The van der Waals surface area contributed by atoms with Crippen molar-refractivity contribution in [2.24, 2.45) is 0 Å². The predicted molar refractivity (Wildman–Crippen MR) is 138 cm³/mol. The van der Waals surface area contributed by atoms with Gasteiger partial charge in [-0.05, 0) is 66.6 Å². The predicted octanol–water partition coefficient (Wildman–Crippen LogP) is 5.80. The lowest BCUT2D eigenvalue weighted by Crippen LogP contribution is -2.38. The molecule has 2 heterocycles. The van der Waals surface area contributed by atoms with Crippen molar-refractivity contribution in [2.75, 3.05) is 19.0 Å². The number of carbonyl (C=O) groups is 2. The van der Waals surface area contributed by atoms with Crippen molar-refractivity contribution in [3.63, 3.8) is 0 Å². The maximum atomic E-state index is 13.8. The van der Waals surface area contributed by atoms with Gasteiger partial charge in [-0.2, -0.15) is 0 Å². The average Bonchev–Trinajstić information content (AvgIpc) is 3.33. The lowest BCUT2D eigenvalue weighted by atomic mass is 10.0. The fourth-order valence-electron chi connectivity index (χ4n) is 4.61. The zero-order chi connectivity index (χ0) is 25.1. The van der Waals surface area contributed by atoms with Crippen LogP contribution in [0.1, 0.15) is 40.1 Å². The minimum atomic E-state index is -0.425. The maximum Gasteiger partial charge on any atom is 0.338 e. The first-order valence-corrected chi connectivity index (χ1v) is 11.8. The number of urea groups is 1. The van der Waals surface area contributed by atoms with E-state index in [-0.39, 0.29) is 18.7 Å². The highest BCUT2D eigenvalue weighted by Crippen LogP contribution is 2.37. The smallest absolute Gasteiger partial charge is 0.338 e. The Morgan fingerprint density at radius 3 is 2.56 bits per heavy atom. The number of methoxy groups -OCH3 is 1. The molecule has 1 aliphatic heterocycles. The number of anilines is 1. The minimum Gasteiger partial charge on any atom is -0.497 e. The third kappa shape index (κ3) is 4.43. The van der Waals surface area contributed by atoms with Crippen LogP contribution < -0.4 is 10.1 Å². The molecule has 2 amide bonds. The number of hydrogen-bond donors (Lipinski definition) is 1. The number of ether oxygens (including phenoxy) is 2. The van der Waals surface area contributed by atoms with Gasteiger partial charge in [-0.1, -0.05) is 36.4 Å². The molecule has 0 bridgehead atoms. The quantitative estimate of drug-likeness (QED) is 0.366. The first kappa shape index (κ1) is 23.2. The summed E-state index contributed by atoms with van der Waals surface area (Å²) in [5.74, 6) is 0.323. The zero-order valence-electron chi connectivity index (χ0n) is 20.2. The van der Waals surface area contributed by atoms with E-state index in [1.807, 2.05) is 65.7 Å². The molecule has 7 heteroatoms. The normalized spacial score (nSPS) is 14.3. The van der Waals surface area contributed by atoms with E-state index < -0.39 is 5.97 Å². The van der Waals surface area contributed by atoms with Crippen molar-refractivity contribution in [3.8, 4) is 11.4 Å². The Morgan fingerprint density at radius 1 is 0.972 bits per heavy atom. The van der Waals surface area contributed by atoms with E-state index in [0.717, 1.165) is 28.3 Å².